The highest BCUT2D eigenvalue weighted by atomic mass is 19.1. The van der Waals surface area contributed by atoms with Crippen molar-refractivity contribution < 1.29 is 23.9 Å². The maximum atomic E-state index is 14.9. The lowest BCUT2D eigenvalue weighted by Crippen LogP contribution is -2.49. The molecule has 0 bridgehead atoms. The molecule has 2 N–H and O–H groups in total. The number of amides is 4. The molecule has 2 aromatic rings. The lowest BCUT2D eigenvalue weighted by atomic mass is 10.1. The number of halogens is 1. The molecule has 148 valence electrons. The molecular formula is C17H19FN6O4. The predicted molar refractivity (Wildman–Crippen MR) is 98.0 cm³/mol. The normalized spacial score (nSPS) is 18.0. The molecule has 1 aromatic carbocycles. The van der Waals surface area contributed by atoms with Gasteiger partial charge in [-0.05, 0) is 12.1 Å². The highest BCUT2D eigenvalue weighted by molar-refractivity contribution is 6.09. The molecule has 4 amide bonds. The van der Waals surface area contributed by atoms with Crippen LogP contribution >= 0.6 is 0 Å². The standard InChI is InChI=1S/C17H19FN6O4/c1-21-12-9-13(22-4-6-23(7-5-22)17(27)28)11(18)8-10(12)15(20-21)24-3-2-14(25)19-16(24)26/h8-9H,2-7H2,1H3,(H,27,28)(H,19,25,26). The zero-order valence-electron chi connectivity index (χ0n) is 15.2. The van der Waals surface area contributed by atoms with Crippen molar-refractivity contribution in [2.75, 3.05) is 42.5 Å². The summed E-state index contributed by atoms with van der Waals surface area (Å²) in [4.78, 5) is 39.0. The van der Waals surface area contributed by atoms with Crippen molar-refractivity contribution >= 4 is 40.4 Å². The van der Waals surface area contributed by atoms with E-state index in [0.29, 0.717) is 48.6 Å². The second kappa shape index (κ2) is 6.66. The van der Waals surface area contributed by atoms with E-state index < -0.39 is 17.9 Å². The number of carbonyl (C=O) groups excluding carboxylic acids is 2. The van der Waals surface area contributed by atoms with Gasteiger partial charge in [-0.3, -0.25) is 19.7 Å². The molecule has 2 saturated heterocycles. The van der Waals surface area contributed by atoms with Crippen LogP contribution in [0.4, 0.5) is 25.5 Å². The summed E-state index contributed by atoms with van der Waals surface area (Å²) in [6.45, 7) is 1.54. The van der Waals surface area contributed by atoms with Crippen LogP contribution in [-0.2, 0) is 11.8 Å². The number of piperazine rings is 1. The zero-order valence-corrected chi connectivity index (χ0v) is 15.2. The van der Waals surface area contributed by atoms with Gasteiger partial charge >= 0.3 is 12.1 Å². The minimum atomic E-state index is -0.981. The number of carbonyl (C=O) groups is 3. The molecule has 1 aromatic heterocycles. The van der Waals surface area contributed by atoms with Gasteiger partial charge in [0.1, 0.15) is 5.82 Å². The van der Waals surface area contributed by atoms with Crippen molar-refractivity contribution in [3.05, 3.63) is 17.9 Å². The van der Waals surface area contributed by atoms with Gasteiger partial charge in [0.2, 0.25) is 5.91 Å². The first-order valence-electron chi connectivity index (χ1n) is 8.85. The Morgan fingerprint density at radius 1 is 1.18 bits per heavy atom. The van der Waals surface area contributed by atoms with E-state index in [9.17, 15) is 18.8 Å². The van der Waals surface area contributed by atoms with Gasteiger partial charge in [0.05, 0.1) is 11.2 Å². The van der Waals surface area contributed by atoms with E-state index in [1.165, 1.54) is 15.9 Å². The first kappa shape index (κ1) is 18.0. The molecular weight excluding hydrogens is 371 g/mol. The summed E-state index contributed by atoms with van der Waals surface area (Å²) in [6.07, 6.45) is -0.830. The maximum absolute atomic E-state index is 14.9. The zero-order chi connectivity index (χ0) is 20.0. The van der Waals surface area contributed by atoms with Gasteiger partial charge in [-0.1, -0.05) is 0 Å². The van der Waals surface area contributed by atoms with Crippen LogP contribution in [0.15, 0.2) is 12.1 Å². The Morgan fingerprint density at radius 2 is 1.89 bits per heavy atom. The largest absolute Gasteiger partial charge is 0.465 e. The van der Waals surface area contributed by atoms with Crippen LogP contribution in [0, 0.1) is 5.82 Å². The van der Waals surface area contributed by atoms with Gasteiger partial charge in [-0.25, -0.2) is 14.0 Å². The molecule has 4 rings (SSSR count). The van der Waals surface area contributed by atoms with Crippen molar-refractivity contribution in [3.63, 3.8) is 0 Å². The molecule has 0 unspecified atom stereocenters. The molecule has 0 radical (unpaired) electrons. The molecule has 0 saturated carbocycles. The Bertz CT molecular complexity index is 982. The lowest BCUT2D eigenvalue weighted by Gasteiger charge is -2.34. The highest BCUT2D eigenvalue weighted by Gasteiger charge is 2.29. The molecule has 3 heterocycles. The van der Waals surface area contributed by atoms with Crippen molar-refractivity contribution in [2.45, 2.75) is 6.42 Å². The first-order valence-corrected chi connectivity index (χ1v) is 8.85. The number of hydrogen-bond donors (Lipinski definition) is 2. The molecule has 0 spiro atoms. The molecule has 28 heavy (non-hydrogen) atoms. The summed E-state index contributed by atoms with van der Waals surface area (Å²) >= 11 is 0. The second-order valence-corrected chi connectivity index (χ2v) is 6.78. The summed E-state index contributed by atoms with van der Waals surface area (Å²) in [5, 5.41) is 16.1. The van der Waals surface area contributed by atoms with Crippen LogP contribution in [0.2, 0.25) is 0 Å². The summed E-state index contributed by atoms with van der Waals surface area (Å²) < 4.78 is 16.5. The Balaban J connectivity index is 1.67. The number of urea groups is 1. The van der Waals surface area contributed by atoms with Gasteiger partial charge in [-0.15, -0.1) is 0 Å². The van der Waals surface area contributed by atoms with E-state index in [-0.39, 0.29) is 18.9 Å². The Morgan fingerprint density at radius 3 is 2.54 bits per heavy atom. The van der Waals surface area contributed by atoms with Gasteiger partial charge in [-0.2, -0.15) is 5.10 Å². The number of carboxylic acid groups (broad SMARTS) is 1. The topological polar surface area (TPSA) is 111 Å². The van der Waals surface area contributed by atoms with Crippen LogP contribution in [0.1, 0.15) is 6.42 Å². The number of hydrogen-bond acceptors (Lipinski definition) is 5. The molecule has 11 heteroatoms. The van der Waals surface area contributed by atoms with Gasteiger partial charge in [0, 0.05) is 51.6 Å². The third kappa shape index (κ3) is 2.98. The number of aromatic nitrogens is 2. The lowest BCUT2D eigenvalue weighted by molar-refractivity contribution is -0.120. The van der Waals surface area contributed by atoms with Gasteiger partial charge < -0.3 is 14.9 Å². The number of nitrogens with zero attached hydrogens (tertiary/aromatic N) is 5. The van der Waals surface area contributed by atoms with Crippen molar-refractivity contribution in [2.24, 2.45) is 7.05 Å². The Kier molecular flexibility index (Phi) is 4.28. The van der Waals surface area contributed by atoms with Crippen LogP contribution in [0.5, 0.6) is 0 Å². The van der Waals surface area contributed by atoms with E-state index in [2.05, 4.69) is 10.4 Å². The first-order chi connectivity index (χ1) is 13.3. The number of fused-ring (bicyclic) bond motifs is 1. The summed E-state index contributed by atoms with van der Waals surface area (Å²) in [5.41, 5.74) is 1.00. The number of imide groups is 1. The third-order valence-electron chi connectivity index (χ3n) is 5.10. The highest BCUT2D eigenvalue weighted by Crippen LogP contribution is 2.32. The van der Waals surface area contributed by atoms with Crippen molar-refractivity contribution in [1.29, 1.82) is 0 Å². The number of rotatable bonds is 2. The van der Waals surface area contributed by atoms with Crippen LogP contribution in [0.25, 0.3) is 10.9 Å². The Hall–Kier alpha value is -3.37. The minimum Gasteiger partial charge on any atom is -0.465 e. The quantitative estimate of drug-likeness (QED) is 0.790. The van der Waals surface area contributed by atoms with Crippen LogP contribution in [-0.4, -0.2) is 70.5 Å². The summed E-state index contributed by atoms with van der Waals surface area (Å²) in [6, 6.07) is 2.41. The van der Waals surface area contributed by atoms with Crippen molar-refractivity contribution in [1.82, 2.24) is 20.0 Å². The minimum absolute atomic E-state index is 0.151. The molecule has 2 fully saturated rings. The average molecular weight is 390 g/mol. The summed E-state index contributed by atoms with van der Waals surface area (Å²) in [5.74, 6) is -0.530. The number of benzene rings is 1. The van der Waals surface area contributed by atoms with Crippen molar-refractivity contribution in [3.8, 4) is 0 Å². The SMILES string of the molecule is Cn1nc(N2CCC(=O)NC2=O)c2cc(F)c(N3CCN(C(=O)O)CC3)cc21. The van der Waals surface area contributed by atoms with Gasteiger partial charge in [0.25, 0.3) is 0 Å². The van der Waals surface area contributed by atoms with E-state index >= 15 is 0 Å². The molecule has 2 aliphatic heterocycles. The van der Waals surface area contributed by atoms with Crippen LogP contribution in [0.3, 0.4) is 0 Å². The number of aryl methyl sites for hydroxylation is 1. The maximum Gasteiger partial charge on any atom is 0.407 e. The fourth-order valence-corrected chi connectivity index (χ4v) is 3.59. The smallest absolute Gasteiger partial charge is 0.407 e. The van der Waals surface area contributed by atoms with E-state index in [4.69, 9.17) is 5.11 Å². The fraction of sp³-hybridized carbons (Fsp3) is 0.412. The predicted octanol–water partition coefficient (Wildman–Crippen LogP) is 0.959. The molecule has 10 nitrogen and oxygen atoms in total. The molecule has 0 atom stereocenters. The average Bonchev–Trinajstić information content (AvgIpc) is 2.96. The third-order valence-corrected chi connectivity index (χ3v) is 5.10. The molecule has 2 aliphatic rings. The second-order valence-electron chi connectivity index (χ2n) is 6.78. The van der Waals surface area contributed by atoms with Gasteiger partial charge in [0.15, 0.2) is 5.82 Å². The number of anilines is 2. The van der Waals surface area contributed by atoms with E-state index in [1.54, 1.807) is 22.7 Å². The number of nitrogens with one attached hydrogen (secondary N) is 1. The fourth-order valence-electron chi connectivity index (χ4n) is 3.59. The Labute approximate surface area is 159 Å². The van der Waals surface area contributed by atoms with E-state index in [1.807, 2.05) is 0 Å². The van der Waals surface area contributed by atoms with E-state index in [0.717, 1.165) is 0 Å². The summed E-state index contributed by atoms with van der Waals surface area (Å²) in [7, 11) is 1.70. The molecule has 0 aliphatic carbocycles. The van der Waals surface area contributed by atoms with Crippen LogP contribution < -0.4 is 15.1 Å². The monoisotopic (exact) mass is 390 g/mol.